The highest BCUT2D eigenvalue weighted by Crippen LogP contribution is 2.37. The molecule has 0 radical (unpaired) electrons. The van der Waals surface area contributed by atoms with Crippen molar-refractivity contribution in [3.05, 3.63) is 73.3 Å². The number of halogens is 3. The molecule has 6 nitrogen and oxygen atoms in total. The summed E-state index contributed by atoms with van der Waals surface area (Å²) in [5.74, 6) is 0.641. The molecule has 1 aromatic heterocycles. The van der Waals surface area contributed by atoms with Crippen molar-refractivity contribution in [2.24, 2.45) is 0 Å². The van der Waals surface area contributed by atoms with Gasteiger partial charge in [-0.2, -0.15) is 0 Å². The average Bonchev–Trinajstić information content (AvgIpc) is 2.99. The molecule has 0 aliphatic rings. The number of hydrogen-bond donors (Lipinski definition) is 0. The first-order valence-electron chi connectivity index (χ1n) is 6.57. The fourth-order valence-electron chi connectivity index (χ4n) is 1.95. The van der Waals surface area contributed by atoms with Crippen LogP contribution in [0.4, 0.5) is 5.69 Å². The van der Waals surface area contributed by atoms with Gasteiger partial charge in [0.2, 0.25) is 5.88 Å². The summed E-state index contributed by atoms with van der Waals surface area (Å²) in [5, 5.41) is 15.8. The fraction of sp³-hybridized carbons (Fsp3) is 0. The molecule has 0 fully saturated rings. The predicted molar refractivity (Wildman–Crippen MR) is 94.5 cm³/mol. The molecule has 3 rings (SSSR count). The zero-order valence-corrected chi connectivity index (χ0v) is 14.9. The van der Waals surface area contributed by atoms with Gasteiger partial charge in [-0.15, -0.1) is 5.10 Å². The lowest BCUT2D eigenvalue weighted by Crippen LogP contribution is -1.95. The van der Waals surface area contributed by atoms with Crippen LogP contribution in [-0.2, 0) is 0 Å². The maximum Gasteiger partial charge on any atom is 0.289 e. The number of rotatable bonds is 4. The summed E-state index contributed by atoms with van der Waals surface area (Å²) in [4.78, 5) is 10.3. The number of benzene rings is 2. The molecule has 2 aromatic carbocycles. The van der Waals surface area contributed by atoms with E-state index in [1.165, 1.54) is 12.1 Å². The lowest BCUT2D eigenvalue weighted by molar-refractivity contribution is -0.384. The molecule has 0 spiro atoms. The zero-order chi connectivity index (χ0) is 17.3. The van der Waals surface area contributed by atoms with E-state index in [9.17, 15) is 10.1 Å². The van der Waals surface area contributed by atoms with Gasteiger partial charge in [0.25, 0.3) is 5.69 Å². The van der Waals surface area contributed by atoms with Crippen LogP contribution in [0.1, 0.15) is 0 Å². The maximum atomic E-state index is 10.9. The number of nitro benzene ring substituents is 1. The topological polar surface area (TPSA) is 70.2 Å². The van der Waals surface area contributed by atoms with Crippen molar-refractivity contribution >= 4 is 44.8 Å². The predicted octanol–water partition coefficient (Wildman–Crippen LogP) is 5.64. The molecule has 122 valence electrons. The summed E-state index contributed by atoms with van der Waals surface area (Å²) >= 11 is 15.0. The summed E-state index contributed by atoms with van der Waals surface area (Å²) in [6.45, 7) is 0. The molecule has 24 heavy (non-hydrogen) atoms. The fourth-order valence-corrected chi connectivity index (χ4v) is 2.71. The minimum absolute atomic E-state index is 0.0182. The van der Waals surface area contributed by atoms with Crippen LogP contribution in [0.5, 0.6) is 11.6 Å². The Labute approximate surface area is 154 Å². The Morgan fingerprint density at radius 2 is 1.88 bits per heavy atom. The third kappa shape index (κ3) is 3.53. The van der Waals surface area contributed by atoms with E-state index < -0.39 is 4.92 Å². The third-order valence-corrected chi connectivity index (χ3v) is 4.24. The van der Waals surface area contributed by atoms with Crippen LogP contribution in [-0.4, -0.2) is 14.7 Å². The summed E-state index contributed by atoms with van der Waals surface area (Å²) in [6, 6.07) is 11.5. The van der Waals surface area contributed by atoms with Crippen LogP contribution >= 0.6 is 39.1 Å². The van der Waals surface area contributed by atoms with E-state index >= 15 is 0 Å². The van der Waals surface area contributed by atoms with Crippen molar-refractivity contribution < 1.29 is 9.66 Å². The minimum atomic E-state index is -0.563. The number of hydrogen-bond acceptors (Lipinski definition) is 4. The van der Waals surface area contributed by atoms with E-state index in [-0.39, 0.29) is 10.7 Å². The molecule has 3 aromatic rings. The smallest absolute Gasteiger partial charge is 0.289 e. The van der Waals surface area contributed by atoms with Gasteiger partial charge in [-0.25, -0.2) is 4.68 Å². The van der Waals surface area contributed by atoms with Crippen molar-refractivity contribution in [1.82, 2.24) is 9.78 Å². The Hall–Kier alpha value is -2.09. The van der Waals surface area contributed by atoms with Crippen LogP contribution in [0, 0.1) is 10.1 Å². The van der Waals surface area contributed by atoms with Gasteiger partial charge in [0.15, 0.2) is 0 Å². The monoisotopic (exact) mass is 427 g/mol. The highest BCUT2D eigenvalue weighted by molar-refractivity contribution is 9.10. The molecule has 0 amide bonds. The molecule has 0 saturated carbocycles. The van der Waals surface area contributed by atoms with Crippen LogP contribution in [0.15, 0.2) is 53.1 Å². The standard InChI is InChI=1S/C15H8BrCl2N3O3/c16-11-7-13(21(22)23)12(18)8-14(11)24-15-5-6-20(19-15)10-3-1-9(17)2-4-10/h1-8H. The first-order valence-corrected chi connectivity index (χ1v) is 8.12. The highest BCUT2D eigenvalue weighted by Gasteiger charge is 2.17. The quantitative estimate of drug-likeness (QED) is 0.398. The molecule has 0 atom stereocenters. The third-order valence-electron chi connectivity index (χ3n) is 3.07. The lowest BCUT2D eigenvalue weighted by atomic mass is 10.3. The van der Waals surface area contributed by atoms with Crippen molar-refractivity contribution in [1.29, 1.82) is 0 Å². The molecule has 0 saturated heterocycles. The SMILES string of the molecule is O=[N+]([O-])c1cc(Br)c(Oc2ccn(-c3ccc(Cl)cc3)n2)cc1Cl. The van der Waals surface area contributed by atoms with Crippen molar-refractivity contribution in [2.75, 3.05) is 0 Å². The zero-order valence-electron chi connectivity index (χ0n) is 11.8. The Kier molecular flexibility index (Phi) is 4.75. The summed E-state index contributed by atoms with van der Waals surface area (Å²) in [6.07, 6.45) is 1.72. The Morgan fingerprint density at radius 3 is 2.54 bits per heavy atom. The first kappa shape index (κ1) is 16.8. The molecule has 0 unspecified atom stereocenters. The molecule has 0 N–H and O–H groups in total. The number of ether oxygens (including phenoxy) is 1. The summed E-state index contributed by atoms with van der Waals surface area (Å²) < 4.78 is 7.66. The second-order valence-electron chi connectivity index (χ2n) is 4.67. The van der Waals surface area contributed by atoms with Gasteiger partial charge in [0.1, 0.15) is 10.8 Å². The number of nitrogens with zero attached hydrogens (tertiary/aromatic N) is 3. The molecular formula is C15H8BrCl2N3O3. The molecule has 9 heteroatoms. The van der Waals surface area contributed by atoms with Crippen LogP contribution in [0.3, 0.4) is 0 Å². The van der Waals surface area contributed by atoms with E-state index in [1.54, 1.807) is 29.1 Å². The van der Waals surface area contributed by atoms with Crippen molar-refractivity contribution in [2.45, 2.75) is 0 Å². The molecule has 0 aliphatic carbocycles. The van der Waals surface area contributed by atoms with Gasteiger partial charge in [-0.3, -0.25) is 10.1 Å². The molecule has 1 heterocycles. The van der Waals surface area contributed by atoms with Gasteiger partial charge < -0.3 is 4.74 Å². The molecular weight excluding hydrogens is 421 g/mol. The molecule has 0 bridgehead atoms. The second-order valence-corrected chi connectivity index (χ2v) is 6.37. The van der Waals surface area contributed by atoms with E-state index in [0.717, 1.165) is 5.69 Å². The maximum absolute atomic E-state index is 10.9. The van der Waals surface area contributed by atoms with E-state index in [0.29, 0.717) is 21.1 Å². The first-order chi connectivity index (χ1) is 11.4. The van der Waals surface area contributed by atoms with E-state index in [2.05, 4.69) is 21.0 Å². The minimum Gasteiger partial charge on any atom is -0.436 e. The second kappa shape index (κ2) is 6.80. The van der Waals surface area contributed by atoms with Gasteiger partial charge >= 0.3 is 0 Å². The Balaban J connectivity index is 1.86. The number of nitro groups is 1. The number of aromatic nitrogens is 2. The summed E-state index contributed by atoms with van der Waals surface area (Å²) in [5.41, 5.74) is 0.609. The average molecular weight is 429 g/mol. The lowest BCUT2D eigenvalue weighted by Gasteiger charge is -2.06. The van der Waals surface area contributed by atoms with Gasteiger partial charge in [0, 0.05) is 29.4 Å². The highest BCUT2D eigenvalue weighted by atomic mass is 79.9. The van der Waals surface area contributed by atoms with Crippen LogP contribution in [0.25, 0.3) is 5.69 Å². The van der Waals surface area contributed by atoms with Crippen molar-refractivity contribution in [3.8, 4) is 17.3 Å². The van der Waals surface area contributed by atoms with Gasteiger partial charge in [-0.1, -0.05) is 23.2 Å². The Bertz CT molecular complexity index is 913. The van der Waals surface area contributed by atoms with Gasteiger partial charge in [-0.05, 0) is 40.2 Å². The van der Waals surface area contributed by atoms with Gasteiger partial charge in [0.05, 0.1) is 15.1 Å². The summed E-state index contributed by atoms with van der Waals surface area (Å²) in [7, 11) is 0. The van der Waals surface area contributed by atoms with Crippen molar-refractivity contribution in [3.63, 3.8) is 0 Å². The largest absolute Gasteiger partial charge is 0.436 e. The van der Waals surface area contributed by atoms with Crippen LogP contribution < -0.4 is 4.74 Å². The normalized spacial score (nSPS) is 10.6. The van der Waals surface area contributed by atoms with E-state index in [4.69, 9.17) is 27.9 Å². The van der Waals surface area contributed by atoms with Crippen LogP contribution in [0.2, 0.25) is 10.0 Å². The van der Waals surface area contributed by atoms with E-state index in [1.807, 2.05) is 12.1 Å². The Morgan fingerprint density at radius 1 is 1.17 bits per heavy atom. The molecule has 0 aliphatic heterocycles.